The van der Waals surface area contributed by atoms with Crippen molar-refractivity contribution in [1.29, 1.82) is 0 Å². The summed E-state index contributed by atoms with van der Waals surface area (Å²) in [6.07, 6.45) is 4.61. The molecule has 0 radical (unpaired) electrons. The fourth-order valence-corrected chi connectivity index (χ4v) is 3.31. The Morgan fingerprint density at radius 2 is 1.95 bits per heavy atom. The summed E-state index contributed by atoms with van der Waals surface area (Å²) in [5.41, 5.74) is 6.12. The molecule has 1 saturated carbocycles. The second-order valence-electron chi connectivity index (χ2n) is 6.95. The predicted octanol–water partition coefficient (Wildman–Crippen LogP) is 2.01. The molecule has 1 aliphatic carbocycles. The maximum atomic E-state index is 12.7. The van der Waals surface area contributed by atoms with E-state index < -0.39 is 0 Å². The topological polar surface area (TPSA) is 66.6 Å². The van der Waals surface area contributed by atoms with E-state index in [1.54, 1.807) is 0 Å². The number of hydrogen-bond acceptors (Lipinski definition) is 3. The van der Waals surface area contributed by atoms with Crippen LogP contribution in [0.4, 0.5) is 0 Å². The van der Waals surface area contributed by atoms with Gasteiger partial charge in [0, 0.05) is 32.2 Å². The lowest BCUT2D eigenvalue weighted by Crippen LogP contribution is -2.51. The molecule has 1 fully saturated rings. The number of aliphatic hydroxyl groups excluding tert-OH is 1. The number of carbonyl (C=O) groups is 1. The second kappa shape index (κ2) is 7.41. The highest BCUT2D eigenvalue weighted by molar-refractivity contribution is 5.79. The Bertz CT molecular complexity index is 318. The zero-order valence-electron chi connectivity index (χ0n) is 13.6. The van der Waals surface area contributed by atoms with Gasteiger partial charge in [-0.25, -0.2) is 0 Å². The van der Waals surface area contributed by atoms with Crippen LogP contribution in [0, 0.1) is 17.3 Å². The van der Waals surface area contributed by atoms with Crippen LogP contribution in [-0.4, -0.2) is 42.2 Å². The number of nitrogens with two attached hydrogens (primary N) is 1. The zero-order chi connectivity index (χ0) is 15.3. The molecule has 4 heteroatoms. The Labute approximate surface area is 123 Å². The molecule has 1 amide bonds. The lowest BCUT2D eigenvalue weighted by atomic mass is 9.61. The average Bonchev–Trinajstić information content (AvgIpc) is 2.40. The molecule has 1 rings (SSSR count). The van der Waals surface area contributed by atoms with Gasteiger partial charge in [0.05, 0.1) is 0 Å². The lowest BCUT2D eigenvalue weighted by Gasteiger charge is -2.47. The molecular weight excluding hydrogens is 252 g/mol. The van der Waals surface area contributed by atoms with Crippen LogP contribution < -0.4 is 5.73 Å². The molecule has 3 atom stereocenters. The van der Waals surface area contributed by atoms with Gasteiger partial charge in [-0.2, -0.15) is 0 Å². The van der Waals surface area contributed by atoms with Gasteiger partial charge < -0.3 is 15.7 Å². The first-order chi connectivity index (χ1) is 9.32. The third kappa shape index (κ3) is 3.95. The van der Waals surface area contributed by atoms with Gasteiger partial charge in [-0.1, -0.05) is 20.8 Å². The highest BCUT2D eigenvalue weighted by Gasteiger charge is 2.45. The van der Waals surface area contributed by atoms with Crippen molar-refractivity contribution in [2.75, 3.05) is 20.2 Å². The average molecular weight is 284 g/mol. The number of nitrogens with zero attached hydrogens (tertiary/aromatic N) is 1. The van der Waals surface area contributed by atoms with Crippen molar-refractivity contribution in [3.63, 3.8) is 0 Å². The summed E-state index contributed by atoms with van der Waals surface area (Å²) in [6, 6.07) is 0.212. The highest BCUT2D eigenvalue weighted by atomic mass is 16.2. The predicted molar refractivity (Wildman–Crippen MR) is 82.2 cm³/mol. The van der Waals surface area contributed by atoms with Crippen LogP contribution in [0.1, 0.15) is 52.9 Å². The standard InChI is InChI=1S/C16H32N2O2/c1-12-14(17)9-8-13(16(12,2)3)15(20)18(4)10-6-5-7-11-19/h12-14,19H,5-11,17H2,1-4H3. The normalized spacial score (nSPS) is 29.2. The maximum Gasteiger partial charge on any atom is 0.225 e. The van der Waals surface area contributed by atoms with E-state index >= 15 is 0 Å². The van der Waals surface area contributed by atoms with Gasteiger partial charge in [0.1, 0.15) is 0 Å². The molecule has 0 saturated heterocycles. The van der Waals surface area contributed by atoms with Crippen LogP contribution in [0.15, 0.2) is 0 Å². The van der Waals surface area contributed by atoms with Gasteiger partial charge in [0.15, 0.2) is 0 Å². The quantitative estimate of drug-likeness (QED) is 0.733. The zero-order valence-corrected chi connectivity index (χ0v) is 13.6. The van der Waals surface area contributed by atoms with Gasteiger partial charge in [-0.3, -0.25) is 4.79 Å². The largest absolute Gasteiger partial charge is 0.396 e. The molecular formula is C16H32N2O2. The highest BCUT2D eigenvalue weighted by Crippen LogP contribution is 2.45. The Balaban J connectivity index is 2.57. The SMILES string of the molecule is CC1C(N)CCC(C(=O)N(C)CCCCCO)C1(C)C. The van der Waals surface area contributed by atoms with Gasteiger partial charge in [-0.15, -0.1) is 0 Å². The van der Waals surface area contributed by atoms with E-state index in [0.29, 0.717) is 5.92 Å². The van der Waals surface area contributed by atoms with Gasteiger partial charge in [0.25, 0.3) is 0 Å². The Hall–Kier alpha value is -0.610. The minimum absolute atomic E-state index is 0.0336. The summed E-state index contributed by atoms with van der Waals surface area (Å²) in [6.45, 7) is 7.55. The lowest BCUT2D eigenvalue weighted by molar-refractivity contribution is -0.142. The minimum atomic E-state index is -0.0336. The number of amides is 1. The van der Waals surface area contributed by atoms with E-state index in [1.807, 2.05) is 11.9 Å². The summed E-state index contributed by atoms with van der Waals surface area (Å²) < 4.78 is 0. The smallest absolute Gasteiger partial charge is 0.225 e. The fraction of sp³-hybridized carbons (Fsp3) is 0.938. The van der Waals surface area contributed by atoms with E-state index in [2.05, 4.69) is 20.8 Å². The summed E-state index contributed by atoms with van der Waals surface area (Å²) in [5.74, 6) is 0.714. The monoisotopic (exact) mass is 284 g/mol. The van der Waals surface area contributed by atoms with Crippen LogP contribution in [-0.2, 0) is 4.79 Å². The number of rotatable bonds is 6. The van der Waals surface area contributed by atoms with Crippen molar-refractivity contribution >= 4 is 5.91 Å². The van der Waals surface area contributed by atoms with Crippen molar-refractivity contribution in [2.45, 2.75) is 58.9 Å². The number of unbranched alkanes of at least 4 members (excludes halogenated alkanes) is 2. The van der Waals surface area contributed by atoms with Crippen LogP contribution in [0.25, 0.3) is 0 Å². The third-order valence-corrected chi connectivity index (χ3v) is 5.33. The maximum absolute atomic E-state index is 12.7. The number of carbonyl (C=O) groups excluding carboxylic acids is 1. The van der Waals surface area contributed by atoms with Gasteiger partial charge in [-0.05, 0) is 43.4 Å². The van der Waals surface area contributed by atoms with Crippen LogP contribution >= 0.6 is 0 Å². The van der Waals surface area contributed by atoms with Crippen LogP contribution in [0.5, 0.6) is 0 Å². The fourth-order valence-electron chi connectivity index (χ4n) is 3.31. The first kappa shape index (κ1) is 17.4. The van der Waals surface area contributed by atoms with E-state index in [1.165, 1.54) is 0 Å². The molecule has 3 N–H and O–H groups in total. The molecule has 0 bridgehead atoms. The Kier molecular flexibility index (Phi) is 6.46. The molecule has 0 aromatic carbocycles. The van der Waals surface area contributed by atoms with Crippen molar-refractivity contribution in [3.8, 4) is 0 Å². The molecule has 0 spiro atoms. The molecule has 3 unspecified atom stereocenters. The summed E-state index contributed by atoms with van der Waals surface area (Å²) in [4.78, 5) is 14.5. The minimum Gasteiger partial charge on any atom is -0.396 e. The second-order valence-corrected chi connectivity index (χ2v) is 6.95. The molecule has 0 aliphatic heterocycles. The number of hydrogen-bond donors (Lipinski definition) is 2. The van der Waals surface area contributed by atoms with E-state index in [9.17, 15) is 4.79 Å². The summed E-state index contributed by atoms with van der Waals surface area (Å²) in [5, 5.41) is 8.77. The summed E-state index contributed by atoms with van der Waals surface area (Å²) in [7, 11) is 1.90. The molecule has 0 aromatic heterocycles. The Morgan fingerprint density at radius 3 is 2.55 bits per heavy atom. The molecule has 0 heterocycles. The molecule has 20 heavy (non-hydrogen) atoms. The molecule has 0 aromatic rings. The van der Waals surface area contributed by atoms with Crippen molar-refractivity contribution in [3.05, 3.63) is 0 Å². The first-order valence-electron chi connectivity index (χ1n) is 7.93. The van der Waals surface area contributed by atoms with Crippen LogP contribution in [0.2, 0.25) is 0 Å². The van der Waals surface area contributed by atoms with E-state index in [4.69, 9.17) is 10.8 Å². The first-order valence-corrected chi connectivity index (χ1v) is 7.93. The van der Waals surface area contributed by atoms with Gasteiger partial charge in [0.2, 0.25) is 5.91 Å². The van der Waals surface area contributed by atoms with Crippen LogP contribution in [0.3, 0.4) is 0 Å². The molecule has 1 aliphatic rings. The molecule has 4 nitrogen and oxygen atoms in total. The van der Waals surface area contributed by atoms with Gasteiger partial charge >= 0.3 is 0 Å². The number of aliphatic hydroxyl groups is 1. The van der Waals surface area contributed by atoms with Crippen molar-refractivity contribution in [2.24, 2.45) is 23.0 Å². The van der Waals surface area contributed by atoms with E-state index in [-0.39, 0.29) is 29.9 Å². The van der Waals surface area contributed by atoms with E-state index in [0.717, 1.165) is 38.6 Å². The summed E-state index contributed by atoms with van der Waals surface area (Å²) >= 11 is 0. The van der Waals surface area contributed by atoms with Crippen molar-refractivity contribution in [1.82, 2.24) is 4.90 Å². The van der Waals surface area contributed by atoms with Crippen molar-refractivity contribution < 1.29 is 9.90 Å². The third-order valence-electron chi connectivity index (χ3n) is 5.33. The molecule has 118 valence electrons. The Morgan fingerprint density at radius 1 is 1.30 bits per heavy atom.